The minimum absolute atomic E-state index is 0.0977. The smallest absolute Gasteiger partial charge is 0.405 e. The van der Waals surface area contributed by atoms with E-state index >= 15 is 0 Å². The number of anilines is 2. The van der Waals surface area contributed by atoms with E-state index in [1.54, 1.807) is 42.5 Å². The molecule has 5 N–H and O–H groups in total. The van der Waals surface area contributed by atoms with Crippen LogP contribution in [0.25, 0.3) is 16.7 Å². The SMILES string of the molecule is CCC(C)C1NC(=O)c2ccccc2/C1=C\C(=O)Nc1ccccc1-c1ccccc1NC(=O)C(Cc1ccccc1)NC(=O)O. The van der Waals surface area contributed by atoms with Gasteiger partial charge in [-0.2, -0.15) is 0 Å². The lowest BCUT2D eigenvalue weighted by Crippen LogP contribution is -2.44. The summed E-state index contributed by atoms with van der Waals surface area (Å²) in [6.45, 7) is 4.09. The molecule has 1 heterocycles. The minimum Gasteiger partial charge on any atom is -0.465 e. The van der Waals surface area contributed by atoms with Crippen LogP contribution in [0, 0.1) is 5.92 Å². The van der Waals surface area contributed by atoms with Gasteiger partial charge in [-0.15, -0.1) is 0 Å². The Bertz CT molecular complexity index is 1790. The van der Waals surface area contributed by atoms with E-state index in [1.165, 1.54) is 0 Å². The third kappa shape index (κ3) is 7.32. The van der Waals surface area contributed by atoms with Crippen LogP contribution in [0.5, 0.6) is 0 Å². The number of hydrogen-bond donors (Lipinski definition) is 5. The molecule has 4 amide bonds. The van der Waals surface area contributed by atoms with Crippen molar-refractivity contribution in [3.05, 3.63) is 126 Å². The zero-order valence-corrected chi connectivity index (χ0v) is 25.6. The molecule has 0 aromatic heterocycles. The molecule has 1 aliphatic heterocycles. The van der Waals surface area contributed by atoms with Gasteiger partial charge in [0.1, 0.15) is 6.04 Å². The summed E-state index contributed by atoms with van der Waals surface area (Å²) in [5.74, 6) is -0.941. The normalized spacial score (nSPS) is 16.0. The second-order valence-corrected chi connectivity index (χ2v) is 11.2. The molecule has 0 bridgehead atoms. The molecule has 234 valence electrons. The van der Waals surface area contributed by atoms with Gasteiger partial charge in [-0.3, -0.25) is 14.4 Å². The van der Waals surface area contributed by atoms with Gasteiger partial charge < -0.3 is 26.4 Å². The number of hydrogen-bond acceptors (Lipinski definition) is 4. The van der Waals surface area contributed by atoms with Crippen molar-refractivity contribution in [3.8, 4) is 11.1 Å². The Morgan fingerprint density at radius 1 is 0.783 bits per heavy atom. The van der Waals surface area contributed by atoms with E-state index in [-0.39, 0.29) is 30.2 Å². The highest BCUT2D eigenvalue weighted by Gasteiger charge is 2.32. The first kappa shape index (κ1) is 31.7. The third-order valence-electron chi connectivity index (χ3n) is 8.16. The minimum atomic E-state index is -1.30. The molecule has 5 rings (SSSR count). The van der Waals surface area contributed by atoms with Gasteiger partial charge in [0.15, 0.2) is 0 Å². The molecule has 1 aliphatic rings. The number of amides is 4. The largest absolute Gasteiger partial charge is 0.465 e. The fourth-order valence-corrected chi connectivity index (χ4v) is 5.64. The topological polar surface area (TPSA) is 137 Å². The molecule has 0 fully saturated rings. The van der Waals surface area contributed by atoms with E-state index in [2.05, 4.69) is 21.3 Å². The van der Waals surface area contributed by atoms with Crippen molar-refractivity contribution >= 4 is 40.8 Å². The lowest BCUT2D eigenvalue weighted by Gasteiger charge is -2.32. The number of rotatable bonds is 10. The van der Waals surface area contributed by atoms with Gasteiger partial charge in [-0.25, -0.2) is 4.79 Å². The van der Waals surface area contributed by atoms with Crippen LogP contribution in [-0.4, -0.2) is 41.0 Å². The molecule has 3 atom stereocenters. The number of benzene rings is 4. The first-order valence-corrected chi connectivity index (χ1v) is 15.2. The second kappa shape index (κ2) is 14.4. The van der Waals surface area contributed by atoms with Crippen LogP contribution in [0.2, 0.25) is 0 Å². The van der Waals surface area contributed by atoms with Crippen LogP contribution in [0.1, 0.15) is 41.8 Å². The number of fused-ring (bicyclic) bond motifs is 1. The van der Waals surface area contributed by atoms with Crippen LogP contribution in [0.15, 0.2) is 109 Å². The Kier molecular flexibility index (Phi) is 9.92. The maximum atomic E-state index is 13.6. The van der Waals surface area contributed by atoms with Crippen molar-refractivity contribution in [2.24, 2.45) is 5.92 Å². The Balaban J connectivity index is 1.43. The predicted molar refractivity (Wildman–Crippen MR) is 179 cm³/mol. The lowest BCUT2D eigenvalue weighted by molar-refractivity contribution is -0.118. The maximum absolute atomic E-state index is 13.6. The van der Waals surface area contributed by atoms with Gasteiger partial charge in [0.25, 0.3) is 5.91 Å². The first-order chi connectivity index (χ1) is 22.2. The van der Waals surface area contributed by atoms with Crippen molar-refractivity contribution < 1.29 is 24.3 Å². The van der Waals surface area contributed by atoms with E-state index in [0.29, 0.717) is 28.1 Å². The fourth-order valence-electron chi connectivity index (χ4n) is 5.64. The van der Waals surface area contributed by atoms with E-state index < -0.39 is 18.0 Å². The summed E-state index contributed by atoms with van der Waals surface area (Å²) in [4.78, 5) is 51.4. The van der Waals surface area contributed by atoms with Crippen LogP contribution in [0.3, 0.4) is 0 Å². The molecular weight excluding hydrogens is 580 g/mol. The molecular formula is C37H36N4O5. The van der Waals surface area contributed by atoms with Crippen LogP contribution >= 0.6 is 0 Å². The summed E-state index contributed by atoms with van der Waals surface area (Å²) in [5.41, 5.74) is 5.07. The van der Waals surface area contributed by atoms with Crippen molar-refractivity contribution in [1.82, 2.24) is 10.6 Å². The van der Waals surface area contributed by atoms with Gasteiger partial charge >= 0.3 is 6.09 Å². The van der Waals surface area contributed by atoms with Crippen molar-refractivity contribution in [3.63, 3.8) is 0 Å². The quantitative estimate of drug-likeness (QED) is 0.132. The van der Waals surface area contributed by atoms with E-state index in [0.717, 1.165) is 23.1 Å². The molecule has 46 heavy (non-hydrogen) atoms. The molecule has 4 aromatic rings. The summed E-state index contributed by atoms with van der Waals surface area (Å²) in [5, 5.41) is 20.7. The Morgan fingerprint density at radius 3 is 1.93 bits per heavy atom. The second-order valence-electron chi connectivity index (χ2n) is 11.2. The fraction of sp³-hybridized carbons (Fsp3) is 0.189. The average Bonchev–Trinajstić information content (AvgIpc) is 3.06. The van der Waals surface area contributed by atoms with Gasteiger partial charge in [-0.05, 0) is 40.8 Å². The summed E-state index contributed by atoms with van der Waals surface area (Å²) in [6, 6.07) is 29.5. The number of para-hydroxylation sites is 2. The maximum Gasteiger partial charge on any atom is 0.405 e. The van der Waals surface area contributed by atoms with Gasteiger partial charge in [0.2, 0.25) is 11.8 Å². The van der Waals surface area contributed by atoms with Crippen LogP contribution < -0.4 is 21.3 Å². The highest BCUT2D eigenvalue weighted by molar-refractivity contribution is 6.11. The third-order valence-corrected chi connectivity index (χ3v) is 8.16. The van der Waals surface area contributed by atoms with E-state index in [9.17, 15) is 24.3 Å². The number of carboxylic acid groups (broad SMARTS) is 1. The van der Waals surface area contributed by atoms with Crippen LogP contribution in [0.4, 0.5) is 16.2 Å². The number of carbonyl (C=O) groups excluding carboxylic acids is 3. The van der Waals surface area contributed by atoms with Crippen molar-refractivity contribution in [2.75, 3.05) is 10.6 Å². The van der Waals surface area contributed by atoms with Gasteiger partial charge in [0.05, 0.1) is 6.04 Å². The summed E-state index contributed by atoms with van der Waals surface area (Å²) < 4.78 is 0. The van der Waals surface area contributed by atoms with Crippen molar-refractivity contribution in [1.29, 1.82) is 0 Å². The van der Waals surface area contributed by atoms with Gasteiger partial charge in [-0.1, -0.05) is 105 Å². The zero-order chi connectivity index (χ0) is 32.6. The summed E-state index contributed by atoms with van der Waals surface area (Å²) >= 11 is 0. The van der Waals surface area contributed by atoms with E-state index in [4.69, 9.17) is 0 Å². The summed E-state index contributed by atoms with van der Waals surface area (Å²) in [6.07, 6.45) is 1.22. The average molecular weight is 617 g/mol. The highest BCUT2D eigenvalue weighted by Crippen LogP contribution is 2.35. The molecule has 3 unspecified atom stereocenters. The molecule has 0 aliphatic carbocycles. The van der Waals surface area contributed by atoms with Crippen molar-refractivity contribution in [2.45, 2.75) is 38.8 Å². The Morgan fingerprint density at radius 2 is 1.33 bits per heavy atom. The predicted octanol–water partition coefficient (Wildman–Crippen LogP) is 6.35. The molecule has 0 saturated heterocycles. The molecule has 4 aromatic carbocycles. The standard InChI is InChI=1S/C37H36N4O5/c1-3-23(2)34-29(25-15-7-8-18-28(25)35(43)41-34)22-33(42)38-30-19-11-9-16-26(30)27-17-10-12-20-31(27)39-36(44)32(40-37(45)46)21-24-13-5-4-6-14-24/h4-20,22-23,32,34,40H,3,21H2,1-2H3,(H,38,42)(H,39,44)(H,41,43)(H,45,46)/b29-22+. The zero-order valence-electron chi connectivity index (χ0n) is 25.6. The molecule has 0 radical (unpaired) electrons. The number of carbonyl (C=O) groups is 4. The highest BCUT2D eigenvalue weighted by atomic mass is 16.4. The molecule has 9 heteroatoms. The number of nitrogens with one attached hydrogen (secondary N) is 4. The van der Waals surface area contributed by atoms with E-state index in [1.807, 2.05) is 80.6 Å². The molecule has 0 saturated carbocycles. The Hall–Kier alpha value is -5.70. The van der Waals surface area contributed by atoms with Crippen LogP contribution in [-0.2, 0) is 16.0 Å². The molecule has 9 nitrogen and oxygen atoms in total. The van der Waals surface area contributed by atoms with Gasteiger partial charge in [0, 0.05) is 40.6 Å². The summed E-state index contributed by atoms with van der Waals surface area (Å²) in [7, 11) is 0. The molecule has 0 spiro atoms. The first-order valence-electron chi connectivity index (χ1n) is 15.2. The monoisotopic (exact) mass is 616 g/mol. The lowest BCUT2D eigenvalue weighted by atomic mass is 9.82. The Labute approximate surface area is 267 Å².